The van der Waals surface area contributed by atoms with Crippen LogP contribution in [0.2, 0.25) is 0 Å². The lowest BCUT2D eigenvalue weighted by atomic mass is 10.2. The molecule has 0 aliphatic rings. The van der Waals surface area contributed by atoms with E-state index in [4.69, 9.17) is 9.15 Å². The summed E-state index contributed by atoms with van der Waals surface area (Å²) >= 11 is 0. The van der Waals surface area contributed by atoms with E-state index in [9.17, 15) is 9.59 Å². The Morgan fingerprint density at radius 2 is 1.96 bits per heavy atom. The molecule has 1 atom stereocenters. The lowest BCUT2D eigenvalue weighted by molar-refractivity contribution is -0.118. The smallest absolute Gasteiger partial charge is 0.420 e. The molecule has 0 saturated heterocycles. The Kier molecular flexibility index (Phi) is 4.40. The number of hydrogen-bond donors (Lipinski definition) is 2. The monoisotopic (exact) mass is 379 g/mol. The highest BCUT2D eigenvalue weighted by Gasteiger charge is 2.22. The van der Waals surface area contributed by atoms with Gasteiger partial charge in [0.15, 0.2) is 11.4 Å². The fourth-order valence-corrected chi connectivity index (χ4v) is 2.88. The molecule has 142 valence electrons. The number of H-pyrrole nitrogens is 1. The number of nitrogens with zero attached hydrogens (tertiary/aromatic N) is 3. The number of benzene rings is 2. The molecule has 1 amide bonds. The molecular formula is C19H17N5O4. The zero-order chi connectivity index (χ0) is 19.7. The number of hydrogen-bond acceptors (Lipinski definition) is 6. The average Bonchev–Trinajstić information content (AvgIpc) is 3.31. The number of fused-ring (bicyclic) bond motifs is 1. The minimum atomic E-state index is -0.806. The van der Waals surface area contributed by atoms with Crippen LogP contribution in [0.3, 0.4) is 0 Å². The summed E-state index contributed by atoms with van der Waals surface area (Å²) in [6.45, 7) is 1.61. The number of nitrogens with one attached hydrogen (secondary N) is 2. The van der Waals surface area contributed by atoms with Crippen molar-refractivity contribution in [2.24, 2.45) is 0 Å². The first-order chi connectivity index (χ1) is 13.6. The summed E-state index contributed by atoms with van der Waals surface area (Å²) in [6.07, 6.45) is 0. The van der Waals surface area contributed by atoms with Gasteiger partial charge in [0.05, 0.1) is 12.6 Å². The molecule has 0 fully saturated rings. The molecule has 2 N–H and O–H groups in total. The van der Waals surface area contributed by atoms with Crippen molar-refractivity contribution < 1.29 is 13.9 Å². The van der Waals surface area contributed by atoms with Gasteiger partial charge >= 0.3 is 5.76 Å². The fraction of sp³-hybridized carbons (Fsp3) is 0.158. The molecule has 0 aliphatic carbocycles. The first-order valence-corrected chi connectivity index (χ1v) is 8.54. The highest BCUT2D eigenvalue weighted by Crippen LogP contribution is 2.21. The van der Waals surface area contributed by atoms with Crippen molar-refractivity contribution in [2.45, 2.75) is 13.0 Å². The highest BCUT2D eigenvalue weighted by atomic mass is 16.5. The van der Waals surface area contributed by atoms with Gasteiger partial charge in [0.1, 0.15) is 11.8 Å². The molecule has 1 unspecified atom stereocenters. The number of anilines is 1. The molecule has 4 aromatic rings. The van der Waals surface area contributed by atoms with E-state index in [0.717, 1.165) is 11.3 Å². The van der Waals surface area contributed by atoms with Crippen molar-refractivity contribution in [3.63, 3.8) is 0 Å². The maximum atomic E-state index is 12.6. The Labute approximate surface area is 159 Å². The number of ether oxygens (including phenoxy) is 1. The normalized spacial score (nSPS) is 12.1. The number of carbonyl (C=O) groups excluding carboxylic acids is 1. The van der Waals surface area contributed by atoms with Gasteiger partial charge in [0, 0.05) is 5.56 Å². The van der Waals surface area contributed by atoms with E-state index in [1.54, 1.807) is 50.4 Å². The first-order valence-electron chi connectivity index (χ1n) is 8.54. The molecule has 0 radical (unpaired) electrons. The van der Waals surface area contributed by atoms with Crippen molar-refractivity contribution in [3.8, 4) is 17.1 Å². The second-order valence-electron chi connectivity index (χ2n) is 6.11. The van der Waals surface area contributed by atoms with Gasteiger partial charge in [0.25, 0.3) is 0 Å². The largest absolute Gasteiger partial charge is 0.497 e. The molecule has 0 spiro atoms. The van der Waals surface area contributed by atoms with Crippen LogP contribution in [0.4, 0.5) is 5.95 Å². The van der Waals surface area contributed by atoms with Crippen molar-refractivity contribution >= 4 is 23.0 Å². The van der Waals surface area contributed by atoms with Gasteiger partial charge in [-0.15, -0.1) is 5.10 Å². The molecule has 2 aromatic heterocycles. The van der Waals surface area contributed by atoms with Crippen molar-refractivity contribution in [3.05, 3.63) is 59.1 Å². The summed E-state index contributed by atoms with van der Waals surface area (Å²) in [5, 5.41) is 9.41. The van der Waals surface area contributed by atoms with Crippen molar-refractivity contribution in [2.75, 3.05) is 12.4 Å². The molecular weight excluding hydrogens is 362 g/mol. The summed E-state index contributed by atoms with van der Waals surface area (Å²) in [4.78, 5) is 29.0. The van der Waals surface area contributed by atoms with Crippen LogP contribution in [0.15, 0.2) is 57.7 Å². The van der Waals surface area contributed by atoms with Gasteiger partial charge < -0.3 is 9.15 Å². The molecule has 2 heterocycles. The summed E-state index contributed by atoms with van der Waals surface area (Å²) in [7, 11) is 1.59. The number of methoxy groups -OCH3 is 1. The predicted octanol–water partition coefficient (Wildman–Crippen LogP) is 2.59. The number of oxazole rings is 1. The predicted molar refractivity (Wildman–Crippen MR) is 102 cm³/mol. The zero-order valence-corrected chi connectivity index (χ0v) is 15.2. The second kappa shape index (κ2) is 7.03. The zero-order valence-electron chi connectivity index (χ0n) is 15.2. The highest BCUT2D eigenvalue weighted by molar-refractivity contribution is 5.93. The van der Waals surface area contributed by atoms with E-state index < -0.39 is 17.7 Å². The number of amides is 1. The van der Waals surface area contributed by atoms with Gasteiger partial charge in [-0.1, -0.05) is 12.1 Å². The molecule has 4 rings (SSSR count). The summed E-state index contributed by atoms with van der Waals surface area (Å²) in [5.74, 6) is 0.301. The number of aromatic nitrogens is 4. The first kappa shape index (κ1) is 17.5. The van der Waals surface area contributed by atoms with Gasteiger partial charge in [0.2, 0.25) is 11.9 Å². The summed E-state index contributed by atoms with van der Waals surface area (Å²) in [5.41, 5.74) is 1.76. The Hall–Kier alpha value is -3.88. The van der Waals surface area contributed by atoms with Crippen LogP contribution in [-0.4, -0.2) is 32.8 Å². The van der Waals surface area contributed by atoms with E-state index in [0.29, 0.717) is 16.9 Å². The Bertz CT molecular complexity index is 1190. The average molecular weight is 379 g/mol. The maximum absolute atomic E-state index is 12.6. The van der Waals surface area contributed by atoms with Crippen LogP contribution in [0.25, 0.3) is 22.5 Å². The number of carbonyl (C=O) groups is 1. The molecule has 9 nitrogen and oxygen atoms in total. The summed E-state index contributed by atoms with van der Waals surface area (Å²) in [6, 6.07) is 13.4. The number of rotatable bonds is 5. The third kappa shape index (κ3) is 3.13. The second-order valence-corrected chi connectivity index (χ2v) is 6.11. The molecule has 9 heteroatoms. The number of aromatic amines is 1. The van der Waals surface area contributed by atoms with Gasteiger partial charge in [-0.05, 0) is 43.3 Å². The van der Waals surface area contributed by atoms with E-state index in [1.807, 2.05) is 12.1 Å². The minimum Gasteiger partial charge on any atom is -0.497 e. The van der Waals surface area contributed by atoms with Crippen LogP contribution in [0, 0.1) is 0 Å². The van der Waals surface area contributed by atoms with Gasteiger partial charge in [-0.25, -0.2) is 4.79 Å². The SMILES string of the molecule is COc1ccc(-c2nc(NC(=O)C(C)n3c(=O)oc4ccccc43)n[nH]2)cc1. The fourth-order valence-electron chi connectivity index (χ4n) is 2.88. The van der Waals surface area contributed by atoms with Crippen LogP contribution in [0.5, 0.6) is 5.75 Å². The van der Waals surface area contributed by atoms with Crippen LogP contribution in [0.1, 0.15) is 13.0 Å². The Morgan fingerprint density at radius 3 is 2.71 bits per heavy atom. The third-order valence-electron chi connectivity index (χ3n) is 4.37. The molecule has 28 heavy (non-hydrogen) atoms. The minimum absolute atomic E-state index is 0.114. The van der Waals surface area contributed by atoms with Gasteiger partial charge in [-0.2, -0.15) is 4.98 Å². The van der Waals surface area contributed by atoms with Crippen LogP contribution >= 0.6 is 0 Å². The van der Waals surface area contributed by atoms with Crippen molar-refractivity contribution in [1.82, 2.24) is 19.7 Å². The lowest BCUT2D eigenvalue weighted by Crippen LogP contribution is -2.29. The number of para-hydroxylation sites is 2. The molecule has 2 aromatic carbocycles. The quantitative estimate of drug-likeness (QED) is 0.551. The molecule has 0 saturated carbocycles. The van der Waals surface area contributed by atoms with Crippen LogP contribution in [-0.2, 0) is 4.79 Å². The third-order valence-corrected chi connectivity index (χ3v) is 4.37. The lowest BCUT2D eigenvalue weighted by Gasteiger charge is -2.11. The van der Waals surface area contributed by atoms with E-state index in [1.165, 1.54) is 4.57 Å². The standard InChI is InChI=1S/C19H17N5O4/c1-11(24-14-5-3-4-6-15(14)28-19(24)26)17(25)21-18-20-16(22-23-18)12-7-9-13(27-2)10-8-12/h3-11H,1-2H3,(H2,20,21,22,23,25). The van der Waals surface area contributed by atoms with E-state index >= 15 is 0 Å². The Morgan fingerprint density at radius 1 is 1.21 bits per heavy atom. The van der Waals surface area contributed by atoms with E-state index in [-0.39, 0.29) is 5.95 Å². The van der Waals surface area contributed by atoms with Gasteiger partial charge in [-0.3, -0.25) is 19.8 Å². The molecule has 0 bridgehead atoms. The topological polar surface area (TPSA) is 115 Å². The Balaban J connectivity index is 1.54. The molecule has 0 aliphatic heterocycles. The van der Waals surface area contributed by atoms with E-state index in [2.05, 4.69) is 20.5 Å². The van der Waals surface area contributed by atoms with Crippen LogP contribution < -0.4 is 15.8 Å². The van der Waals surface area contributed by atoms with Crippen molar-refractivity contribution in [1.29, 1.82) is 0 Å². The maximum Gasteiger partial charge on any atom is 0.420 e. The summed E-state index contributed by atoms with van der Waals surface area (Å²) < 4.78 is 11.6.